The minimum atomic E-state index is -4.18. The van der Waals surface area contributed by atoms with Crippen molar-refractivity contribution in [2.24, 2.45) is 0 Å². The van der Waals surface area contributed by atoms with E-state index in [4.69, 9.17) is 13.9 Å². The van der Waals surface area contributed by atoms with Gasteiger partial charge in [-0.2, -0.15) is 14.1 Å². The van der Waals surface area contributed by atoms with E-state index in [9.17, 15) is 27.5 Å². The quantitative estimate of drug-likeness (QED) is 0.323. The van der Waals surface area contributed by atoms with Crippen molar-refractivity contribution in [2.45, 2.75) is 11.8 Å². The number of hydrogen-bond donors (Lipinski definition) is 2. The maximum absolute atomic E-state index is 14.0. The van der Waals surface area contributed by atoms with Crippen molar-refractivity contribution >= 4 is 27.6 Å². The highest BCUT2D eigenvalue weighted by atomic mass is 32.2. The first-order valence-corrected chi connectivity index (χ1v) is 13.4. The first-order valence-electron chi connectivity index (χ1n) is 12.0. The zero-order valence-electron chi connectivity index (χ0n) is 21.0. The zero-order valence-corrected chi connectivity index (χ0v) is 21.9. The maximum Gasteiger partial charge on any atom is 0.356 e. The smallest absolute Gasteiger partial charge is 0.356 e. The molecule has 1 fully saturated rings. The number of ether oxygens (including phenoxy) is 2. The lowest BCUT2D eigenvalue weighted by Crippen LogP contribution is -2.40. The Morgan fingerprint density at radius 2 is 1.88 bits per heavy atom. The molecule has 1 amide bonds. The summed E-state index contributed by atoms with van der Waals surface area (Å²) in [6.45, 7) is 2.01. The van der Waals surface area contributed by atoms with E-state index >= 15 is 0 Å². The second kappa shape index (κ2) is 10.9. The average molecular weight is 571 g/mol. The summed E-state index contributed by atoms with van der Waals surface area (Å²) in [7, 11) is -4.18. The summed E-state index contributed by atoms with van der Waals surface area (Å²) < 4.78 is 60.3. The lowest BCUT2D eigenvalue weighted by molar-refractivity contribution is 0.0689. The molecule has 4 aromatic rings. The lowest BCUT2D eigenvalue weighted by Gasteiger charge is -2.27. The van der Waals surface area contributed by atoms with Gasteiger partial charge in [0.15, 0.2) is 11.5 Å². The fourth-order valence-electron chi connectivity index (χ4n) is 4.09. The van der Waals surface area contributed by atoms with Crippen molar-refractivity contribution in [1.29, 1.82) is 0 Å². The van der Waals surface area contributed by atoms with Crippen LogP contribution in [0.15, 0.2) is 70.2 Å². The van der Waals surface area contributed by atoms with Crippen molar-refractivity contribution < 1.29 is 41.4 Å². The second-order valence-corrected chi connectivity index (χ2v) is 10.6. The van der Waals surface area contributed by atoms with Gasteiger partial charge in [-0.1, -0.05) is 6.07 Å². The van der Waals surface area contributed by atoms with Crippen molar-refractivity contribution in [2.75, 3.05) is 31.6 Å². The maximum atomic E-state index is 14.0. The number of benzene rings is 2. The molecule has 3 heterocycles. The van der Waals surface area contributed by atoms with Crippen LogP contribution < -0.4 is 10.1 Å². The van der Waals surface area contributed by atoms with Crippen LogP contribution in [0.5, 0.6) is 11.6 Å². The SMILES string of the molecule is Cc1c(C(=O)O)nn(-c2cccc(F)c2)c1Oc1ccc(NC(=O)c2ccco2)cc1S(=O)(=O)N1CCOCC1. The molecular weight excluding hydrogens is 547 g/mol. The Bertz CT molecular complexity index is 1680. The minimum Gasteiger partial charge on any atom is -0.476 e. The average Bonchev–Trinajstić information content (AvgIpc) is 3.59. The number of sulfonamides is 1. The molecule has 0 unspecified atom stereocenters. The molecule has 0 radical (unpaired) electrons. The van der Waals surface area contributed by atoms with Crippen LogP contribution in [0.4, 0.5) is 10.1 Å². The molecule has 208 valence electrons. The van der Waals surface area contributed by atoms with Gasteiger partial charge in [0.1, 0.15) is 16.5 Å². The fraction of sp³-hybridized carbons (Fsp3) is 0.192. The number of morpholine rings is 1. The number of carbonyl (C=O) groups excluding carboxylic acids is 1. The number of nitrogens with zero attached hydrogens (tertiary/aromatic N) is 3. The van der Waals surface area contributed by atoms with Crippen molar-refractivity contribution in [1.82, 2.24) is 14.1 Å². The van der Waals surface area contributed by atoms with E-state index in [0.29, 0.717) is 0 Å². The normalized spacial score (nSPS) is 14.2. The Balaban J connectivity index is 1.61. The Morgan fingerprint density at radius 1 is 1.10 bits per heavy atom. The van der Waals surface area contributed by atoms with Gasteiger partial charge in [-0.25, -0.2) is 17.6 Å². The van der Waals surface area contributed by atoms with E-state index in [0.717, 1.165) is 10.7 Å². The Labute approximate surface area is 227 Å². The molecule has 1 aliphatic rings. The van der Waals surface area contributed by atoms with Crippen LogP contribution in [0.3, 0.4) is 0 Å². The summed E-state index contributed by atoms with van der Waals surface area (Å²) in [4.78, 5) is 24.1. The Hall–Kier alpha value is -4.53. The molecule has 0 atom stereocenters. The van der Waals surface area contributed by atoms with E-state index < -0.39 is 27.7 Å². The Morgan fingerprint density at radius 3 is 2.55 bits per heavy atom. The number of hydrogen-bond acceptors (Lipinski definition) is 8. The summed E-state index contributed by atoms with van der Waals surface area (Å²) in [5, 5.41) is 16.3. The van der Waals surface area contributed by atoms with Crippen LogP contribution in [-0.4, -0.2) is 65.8 Å². The van der Waals surface area contributed by atoms with Gasteiger partial charge in [0.05, 0.1) is 25.2 Å². The number of carboxylic acid groups (broad SMARTS) is 1. The van der Waals surface area contributed by atoms with Gasteiger partial charge in [0, 0.05) is 24.3 Å². The van der Waals surface area contributed by atoms with Crippen molar-refractivity contribution in [3.05, 3.63) is 83.7 Å². The zero-order chi connectivity index (χ0) is 28.4. The molecule has 2 aromatic heterocycles. The predicted molar refractivity (Wildman–Crippen MR) is 138 cm³/mol. The summed E-state index contributed by atoms with van der Waals surface area (Å²) >= 11 is 0. The van der Waals surface area contributed by atoms with Gasteiger partial charge in [0.25, 0.3) is 5.91 Å². The van der Waals surface area contributed by atoms with Gasteiger partial charge in [-0.3, -0.25) is 4.79 Å². The molecule has 0 bridgehead atoms. The molecule has 2 aromatic carbocycles. The van der Waals surface area contributed by atoms with E-state index in [1.54, 1.807) is 0 Å². The topological polar surface area (TPSA) is 153 Å². The molecular formula is C26H23FN4O8S. The van der Waals surface area contributed by atoms with Gasteiger partial charge in [0.2, 0.25) is 15.9 Å². The third-order valence-corrected chi connectivity index (χ3v) is 7.98. The first kappa shape index (κ1) is 27.1. The number of rotatable bonds is 8. The molecule has 0 aliphatic carbocycles. The number of aromatic nitrogens is 2. The molecule has 0 spiro atoms. The van der Waals surface area contributed by atoms with Gasteiger partial charge in [-0.05, 0) is 55.5 Å². The van der Waals surface area contributed by atoms with Gasteiger partial charge < -0.3 is 24.3 Å². The molecule has 0 saturated carbocycles. The monoisotopic (exact) mass is 570 g/mol. The highest BCUT2D eigenvalue weighted by Crippen LogP contribution is 2.37. The number of carboxylic acids is 1. The summed E-state index contributed by atoms with van der Waals surface area (Å²) in [6.07, 6.45) is 1.33. The van der Waals surface area contributed by atoms with Crippen LogP contribution >= 0.6 is 0 Å². The van der Waals surface area contributed by atoms with Crippen molar-refractivity contribution in [3.8, 4) is 17.3 Å². The minimum absolute atomic E-state index is 0.0220. The van der Waals surface area contributed by atoms with E-state index in [1.165, 1.54) is 66.0 Å². The van der Waals surface area contributed by atoms with Gasteiger partial charge >= 0.3 is 5.97 Å². The van der Waals surface area contributed by atoms with Crippen LogP contribution in [0.25, 0.3) is 5.69 Å². The molecule has 12 nitrogen and oxygen atoms in total. The number of amides is 1. The number of furan rings is 1. The summed E-state index contributed by atoms with van der Waals surface area (Å²) in [6, 6.07) is 12.2. The third-order valence-electron chi connectivity index (χ3n) is 6.06. The second-order valence-electron chi connectivity index (χ2n) is 8.69. The fourth-order valence-corrected chi connectivity index (χ4v) is 5.64. The highest BCUT2D eigenvalue weighted by Gasteiger charge is 2.32. The number of halogens is 1. The number of nitrogens with one attached hydrogen (secondary N) is 1. The number of anilines is 1. The summed E-state index contributed by atoms with van der Waals surface area (Å²) in [5.74, 6) is -2.82. The van der Waals surface area contributed by atoms with Crippen LogP contribution in [0, 0.1) is 12.7 Å². The Kier molecular flexibility index (Phi) is 7.38. The lowest BCUT2D eigenvalue weighted by atomic mass is 10.2. The van der Waals surface area contributed by atoms with E-state index in [-0.39, 0.29) is 71.2 Å². The van der Waals surface area contributed by atoms with E-state index in [2.05, 4.69) is 10.4 Å². The summed E-state index contributed by atoms with van der Waals surface area (Å²) in [5.41, 5.74) is 0.0218. The molecule has 40 heavy (non-hydrogen) atoms. The van der Waals surface area contributed by atoms with Gasteiger partial charge in [-0.15, -0.1) is 0 Å². The number of carbonyl (C=O) groups is 2. The molecule has 1 saturated heterocycles. The van der Waals surface area contributed by atoms with E-state index in [1.807, 2.05) is 0 Å². The number of aromatic carboxylic acids is 1. The molecule has 2 N–H and O–H groups in total. The standard InChI is InChI=1S/C26H23FN4O8S/c1-16-23(26(33)34)29-31(19-5-2-4-17(27)14-19)25(16)39-20-8-7-18(28-24(32)21-6-3-11-38-21)15-22(20)40(35,36)30-9-12-37-13-10-30/h2-8,11,14-15H,9-10,12-13H2,1H3,(H,28,32)(H,33,34). The molecule has 14 heteroatoms. The third kappa shape index (κ3) is 5.32. The highest BCUT2D eigenvalue weighted by molar-refractivity contribution is 7.89. The van der Waals surface area contributed by atoms with Crippen LogP contribution in [0.1, 0.15) is 26.6 Å². The van der Waals surface area contributed by atoms with Crippen LogP contribution in [0.2, 0.25) is 0 Å². The molecule has 1 aliphatic heterocycles. The molecule has 5 rings (SSSR count). The van der Waals surface area contributed by atoms with Crippen LogP contribution in [-0.2, 0) is 14.8 Å². The van der Waals surface area contributed by atoms with Crippen molar-refractivity contribution in [3.63, 3.8) is 0 Å². The predicted octanol–water partition coefficient (Wildman–Crippen LogP) is 3.68. The largest absolute Gasteiger partial charge is 0.476 e. The first-order chi connectivity index (χ1) is 19.1.